The minimum atomic E-state index is -3.05. The maximum atomic E-state index is 12.4. The summed E-state index contributed by atoms with van der Waals surface area (Å²) in [5.41, 5.74) is 8.61. The SMILES string of the molecule is CS(=O)(=O)CC1(CC(=O)NC2CCCc3cc(N)ccc32)CC1. The average Bonchev–Trinajstić information content (AvgIpc) is 3.15. The van der Waals surface area contributed by atoms with E-state index in [0.29, 0.717) is 6.42 Å². The van der Waals surface area contributed by atoms with Crippen molar-refractivity contribution in [3.8, 4) is 0 Å². The molecule has 2 aliphatic carbocycles. The van der Waals surface area contributed by atoms with Crippen molar-refractivity contribution >= 4 is 21.4 Å². The Hall–Kier alpha value is -1.56. The Morgan fingerprint density at radius 3 is 2.78 bits per heavy atom. The number of hydrogen-bond acceptors (Lipinski definition) is 4. The molecule has 126 valence electrons. The Morgan fingerprint density at radius 2 is 2.13 bits per heavy atom. The molecule has 0 aliphatic heterocycles. The van der Waals surface area contributed by atoms with Gasteiger partial charge in [-0.2, -0.15) is 0 Å². The highest BCUT2D eigenvalue weighted by molar-refractivity contribution is 7.90. The zero-order chi connectivity index (χ0) is 16.7. The van der Waals surface area contributed by atoms with Crippen molar-refractivity contribution in [1.29, 1.82) is 0 Å². The Morgan fingerprint density at radius 1 is 1.39 bits per heavy atom. The monoisotopic (exact) mass is 336 g/mol. The Bertz CT molecular complexity index is 723. The fraction of sp³-hybridized carbons (Fsp3) is 0.588. The first kappa shape index (κ1) is 16.3. The summed E-state index contributed by atoms with van der Waals surface area (Å²) in [6.07, 6.45) is 6.13. The number of carbonyl (C=O) groups is 1. The summed E-state index contributed by atoms with van der Waals surface area (Å²) in [7, 11) is -3.05. The van der Waals surface area contributed by atoms with Crippen LogP contribution in [0.3, 0.4) is 0 Å². The fourth-order valence-corrected chi connectivity index (χ4v) is 5.18. The molecule has 3 N–H and O–H groups in total. The van der Waals surface area contributed by atoms with Crippen LogP contribution in [0.5, 0.6) is 0 Å². The molecule has 6 heteroatoms. The van der Waals surface area contributed by atoms with Gasteiger partial charge >= 0.3 is 0 Å². The van der Waals surface area contributed by atoms with E-state index in [9.17, 15) is 13.2 Å². The second kappa shape index (κ2) is 5.82. The van der Waals surface area contributed by atoms with E-state index in [1.165, 1.54) is 11.8 Å². The van der Waals surface area contributed by atoms with Gasteiger partial charge in [-0.05, 0) is 60.8 Å². The van der Waals surface area contributed by atoms with Gasteiger partial charge in [0.05, 0.1) is 11.8 Å². The molecule has 0 saturated heterocycles. The lowest BCUT2D eigenvalue weighted by Crippen LogP contribution is -2.33. The minimum Gasteiger partial charge on any atom is -0.399 e. The molecule has 0 heterocycles. The molecule has 1 aromatic rings. The third-order valence-corrected chi connectivity index (χ3v) is 6.01. The lowest BCUT2D eigenvalue weighted by atomic mass is 9.87. The number of hydrogen-bond donors (Lipinski definition) is 2. The molecule has 0 radical (unpaired) electrons. The van der Waals surface area contributed by atoms with Gasteiger partial charge in [0.1, 0.15) is 9.84 Å². The lowest BCUT2D eigenvalue weighted by molar-refractivity contribution is -0.123. The molecular formula is C17H24N2O3S. The van der Waals surface area contributed by atoms with Crippen molar-refractivity contribution in [2.24, 2.45) is 5.41 Å². The molecule has 0 aromatic heterocycles. The largest absolute Gasteiger partial charge is 0.399 e. The van der Waals surface area contributed by atoms with Gasteiger partial charge in [-0.15, -0.1) is 0 Å². The standard InChI is InChI=1S/C17H24N2O3S/c1-23(21,22)11-17(7-8-17)10-16(20)19-15-4-2-3-12-9-13(18)5-6-14(12)15/h5-6,9,15H,2-4,7-8,10-11,18H2,1H3,(H,19,20). The zero-order valence-electron chi connectivity index (χ0n) is 13.5. The number of amides is 1. The second-order valence-corrected chi connectivity index (χ2v) is 9.36. The van der Waals surface area contributed by atoms with E-state index in [1.807, 2.05) is 18.2 Å². The molecule has 0 bridgehead atoms. The molecule has 3 rings (SSSR count). The summed E-state index contributed by atoms with van der Waals surface area (Å²) in [4.78, 5) is 12.4. The molecule has 1 saturated carbocycles. The maximum absolute atomic E-state index is 12.4. The van der Waals surface area contributed by atoms with Crippen molar-refractivity contribution in [2.75, 3.05) is 17.7 Å². The van der Waals surface area contributed by atoms with E-state index in [2.05, 4.69) is 5.32 Å². The van der Waals surface area contributed by atoms with E-state index in [-0.39, 0.29) is 23.1 Å². The number of benzene rings is 1. The van der Waals surface area contributed by atoms with Crippen LogP contribution in [0.2, 0.25) is 0 Å². The van der Waals surface area contributed by atoms with Crippen molar-refractivity contribution in [1.82, 2.24) is 5.32 Å². The lowest BCUT2D eigenvalue weighted by Gasteiger charge is -2.27. The highest BCUT2D eigenvalue weighted by Gasteiger charge is 2.46. The second-order valence-electron chi connectivity index (χ2n) is 7.22. The van der Waals surface area contributed by atoms with Crippen LogP contribution in [0, 0.1) is 5.41 Å². The molecule has 0 spiro atoms. The number of carbonyl (C=O) groups excluding carboxylic acids is 1. The molecular weight excluding hydrogens is 312 g/mol. The van der Waals surface area contributed by atoms with Crippen molar-refractivity contribution in [3.05, 3.63) is 29.3 Å². The van der Waals surface area contributed by atoms with Gasteiger partial charge in [0.25, 0.3) is 0 Å². The van der Waals surface area contributed by atoms with Crippen LogP contribution in [0.1, 0.15) is 49.3 Å². The first-order valence-corrected chi connectivity index (χ1v) is 10.2. The van der Waals surface area contributed by atoms with Gasteiger partial charge in [-0.1, -0.05) is 6.07 Å². The Balaban J connectivity index is 1.66. The van der Waals surface area contributed by atoms with E-state index in [1.54, 1.807) is 0 Å². The van der Waals surface area contributed by atoms with Crippen LogP contribution in [0.4, 0.5) is 5.69 Å². The van der Waals surface area contributed by atoms with E-state index < -0.39 is 9.84 Å². The van der Waals surface area contributed by atoms with Crippen LogP contribution in [0.25, 0.3) is 0 Å². The number of anilines is 1. The van der Waals surface area contributed by atoms with Crippen LogP contribution in [-0.4, -0.2) is 26.3 Å². The van der Waals surface area contributed by atoms with Crippen LogP contribution < -0.4 is 11.1 Å². The predicted octanol–water partition coefficient (Wildman–Crippen LogP) is 1.98. The van der Waals surface area contributed by atoms with Gasteiger partial charge in [-0.25, -0.2) is 8.42 Å². The third-order valence-electron chi connectivity index (χ3n) is 4.88. The molecule has 1 atom stereocenters. The van der Waals surface area contributed by atoms with Crippen molar-refractivity contribution in [2.45, 2.75) is 44.6 Å². The summed E-state index contributed by atoms with van der Waals surface area (Å²) in [6.45, 7) is 0. The van der Waals surface area contributed by atoms with E-state index in [4.69, 9.17) is 5.73 Å². The van der Waals surface area contributed by atoms with Gasteiger partial charge in [0, 0.05) is 18.4 Å². The summed E-state index contributed by atoms with van der Waals surface area (Å²) in [5, 5.41) is 3.10. The van der Waals surface area contributed by atoms with Crippen molar-refractivity contribution < 1.29 is 13.2 Å². The predicted molar refractivity (Wildman–Crippen MR) is 90.7 cm³/mol. The number of aryl methyl sites for hydroxylation is 1. The first-order chi connectivity index (χ1) is 10.8. The number of fused-ring (bicyclic) bond motifs is 1. The smallest absolute Gasteiger partial charge is 0.221 e. The third kappa shape index (κ3) is 4.05. The van der Waals surface area contributed by atoms with Crippen molar-refractivity contribution in [3.63, 3.8) is 0 Å². The number of nitrogen functional groups attached to an aromatic ring is 1. The van der Waals surface area contributed by atoms with Gasteiger partial charge in [-0.3, -0.25) is 4.79 Å². The quantitative estimate of drug-likeness (QED) is 0.805. The number of sulfone groups is 1. The Kier molecular flexibility index (Phi) is 4.12. The van der Waals surface area contributed by atoms with Crippen LogP contribution in [0.15, 0.2) is 18.2 Å². The molecule has 5 nitrogen and oxygen atoms in total. The normalized spacial score (nSPS) is 22.2. The average molecular weight is 336 g/mol. The zero-order valence-corrected chi connectivity index (χ0v) is 14.3. The first-order valence-electron chi connectivity index (χ1n) is 8.12. The summed E-state index contributed by atoms with van der Waals surface area (Å²) >= 11 is 0. The number of nitrogens with one attached hydrogen (secondary N) is 1. The highest BCUT2D eigenvalue weighted by atomic mass is 32.2. The Labute approximate surface area is 137 Å². The van der Waals surface area contributed by atoms with Gasteiger partial charge < -0.3 is 11.1 Å². The number of nitrogens with two attached hydrogens (primary N) is 1. The molecule has 2 aliphatic rings. The number of rotatable bonds is 5. The van der Waals surface area contributed by atoms with Gasteiger partial charge in [0.15, 0.2) is 0 Å². The summed E-state index contributed by atoms with van der Waals surface area (Å²) < 4.78 is 23.0. The molecule has 1 fully saturated rings. The highest BCUT2D eigenvalue weighted by Crippen LogP contribution is 2.49. The van der Waals surface area contributed by atoms with Crippen LogP contribution in [-0.2, 0) is 21.1 Å². The fourth-order valence-electron chi connectivity index (χ4n) is 3.68. The minimum absolute atomic E-state index is 0.0147. The summed E-state index contributed by atoms with van der Waals surface area (Å²) in [6, 6.07) is 5.87. The van der Waals surface area contributed by atoms with E-state index in [0.717, 1.165) is 43.4 Å². The summed E-state index contributed by atoms with van der Waals surface area (Å²) in [5.74, 6) is 0.0754. The molecule has 1 aromatic carbocycles. The van der Waals surface area contributed by atoms with Crippen LogP contribution >= 0.6 is 0 Å². The maximum Gasteiger partial charge on any atom is 0.221 e. The molecule has 1 amide bonds. The molecule has 1 unspecified atom stereocenters. The topological polar surface area (TPSA) is 89.3 Å². The van der Waals surface area contributed by atoms with E-state index >= 15 is 0 Å². The molecule has 23 heavy (non-hydrogen) atoms. The van der Waals surface area contributed by atoms with Gasteiger partial charge in [0.2, 0.25) is 5.91 Å².